The van der Waals surface area contributed by atoms with Crippen LogP contribution in [0.4, 0.5) is 0 Å². The lowest BCUT2D eigenvalue weighted by Crippen LogP contribution is -2.19. The normalized spacial score (nSPS) is 34.2. The van der Waals surface area contributed by atoms with Crippen LogP contribution in [-0.2, 0) is 0 Å². The molecule has 58 valence electrons. The molecule has 3 rings (SSSR count). The molecule has 2 saturated carbocycles. The smallest absolute Gasteiger partial charge is 0.0159 e. The summed E-state index contributed by atoms with van der Waals surface area (Å²) in [5, 5.41) is 0. The van der Waals surface area contributed by atoms with Crippen LogP contribution < -0.4 is 0 Å². The van der Waals surface area contributed by atoms with Crippen LogP contribution in [0.1, 0.15) is 38.5 Å². The fourth-order valence-electron chi connectivity index (χ4n) is 2.79. The van der Waals surface area contributed by atoms with Crippen LogP contribution >= 0.6 is 0 Å². The Morgan fingerprint density at radius 2 is 2.18 bits per heavy atom. The van der Waals surface area contributed by atoms with Crippen molar-refractivity contribution in [3.63, 3.8) is 0 Å². The first-order valence-corrected chi connectivity index (χ1v) is 4.86. The summed E-state index contributed by atoms with van der Waals surface area (Å²) in [7, 11) is 0. The SMILES string of the molecule is C1=C2CCCC2=C2CCC2C1. The second-order valence-corrected chi connectivity index (χ2v) is 4.06. The Kier molecular flexibility index (Phi) is 1.10. The van der Waals surface area contributed by atoms with Gasteiger partial charge in [0.15, 0.2) is 0 Å². The summed E-state index contributed by atoms with van der Waals surface area (Å²) in [5.41, 5.74) is 5.35. The summed E-state index contributed by atoms with van der Waals surface area (Å²) in [5.74, 6) is 0.992. The largest absolute Gasteiger partial charge is 0.0804 e. The third kappa shape index (κ3) is 0.702. The van der Waals surface area contributed by atoms with Crippen molar-refractivity contribution in [2.75, 3.05) is 0 Å². The van der Waals surface area contributed by atoms with E-state index in [1.807, 2.05) is 5.57 Å². The van der Waals surface area contributed by atoms with E-state index in [0.717, 1.165) is 5.92 Å². The van der Waals surface area contributed by atoms with Gasteiger partial charge in [0.25, 0.3) is 0 Å². The van der Waals surface area contributed by atoms with E-state index in [2.05, 4.69) is 6.08 Å². The molecule has 0 aromatic heterocycles. The summed E-state index contributed by atoms with van der Waals surface area (Å²) in [6.07, 6.45) is 11.0. The Labute approximate surface area is 68.0 Å². The zero-order valence-corrected chi connectivity index (χ0v) is 6.90. The van der Waals surface area contributed by atoms with Crippen LogP contribution in [-0.4, -0.2) is 0 Å². The van der Waals surface area contributed by atoms with Crippen molar-refractivity contribution in [3.8, 4) is 0 Å². The Bertz CT molecular complexity index is 255. The van der Waals surface area contributed by atoms with Gasteiger partial charge in [-0.2, -0.15) is 0 Å². The predicted octanol–water partition coefficient (Wildman–Crippen LogP) is 3.21. The van der Waals surface area contributed by atoms with E-state index in [1.165, 1.54) is 38.5 Å². The molecule has 0 N–H and O–H groups in total. The maximum Gasteiger partial charge on any atom is -0.0159 e. The molecule has 0 spiro atoms. The minimum Gasteiger partial charge on any atom is -0.0804 e. The monoisotopic (exact) mass is 146 g/mol. The lowest BCUT2D eigenvalue weighted by molar-refractivity contribution is 0.434. The topological polar surface area (TPSA) is 0 Å². The highest BCUT2D eigenvalue weighted by molar-refractivity contribution is 5.45. The van der Waals surface area contributed by atoms with Gasteiger partial charge in [-0.1, -0.05) is 11.6 Å². The van der Waals surface area contributed by atoms with E-state index in [4.69, 9.17) is 0 Å². The maximum atomic E-state index is 2.51. The zero-order chi connectivity index (χ0) is 7.26. The summed E-state index contributed by atoms with van der Waals surface area (Å²) >= 11 is 0. The van der Waals surface area contributed by atoms with Crippen molar-refractivity contribution in [2.24, 2.45) is 5.92 Å². The van der Waals surface area contributed by atoms with E-state index in [1.54, 1.807) is 11.1 Å². The van der Waals surface area contributed by atoms with Crippen molar-refractivity contribution in [1.82, 2.24) is 0 Å². The quantitative estimate of drug-likeness (QED) is 0.492. The van der Waals surface area contributed by atoms with Gasteiger partial charge in [0.05, 0.1) is 0 Å². The minimum absolute atomic E-state index is 0.992. The molecular formula is C11H14. The van der Waals surface area contributed by atoms with Crippen molar-refractivity contribution < 1.29 is 0 Å². The molecule has 0 nitrogen and oxygen atoms in total. The Morgan fingerprint density at radius 1 is 1.18 bits per heavy atom. The molecule has 1 atom stereocenters. The number of rotatable bonds is 0. The molecule has 0 heteroatoms. The molecule has 11 heavy (non-hydrogen) atoms. The molecule has 2 fully saturated rings. The molecule has 3 aliphatic rings. The first-order valence-electron chi connectivity index (χ1n) is 4.86. The highest BCUT2D eigenvalue weighted by Gasteiger charge is 2.32. The van der Waals surface area contributed by atoms with Crippen LogP contribution in [0.2, 0.25) is 0 Å². The van der Waals surface area contributed by atoms with Crippen molar-refractivity contribution >= 4 is 0 Å². The Morgan fingerprint density at radius 3 is 3.00 bits per heavy atom. The average molecular weight is 146 g/mol. The second-order valence-electron chi connectivity index (χ2n) is 4.06. The lowest BCUT2D eigenvalue weighted by atomic mass is 9.71. The van der Waals surface area contributed by atoms with Crippen LogP contribution in [0.25, 0.3) is 0 Å². The van der Waals surface area contributed by atoms with Gasteiger partial charge in [0.1, 0.15) is 0 Å². The zero-order valence-electron chi connectivity index (χ0n) is 6.90. The van der Waals surface area contributed by atoms with Gasteiger partial charge < -0.3 is 0 Å². The van der Waals surface area contributed by atoms with E-state index in [0.29, 0.717) is 0 Å². The third-order valence-electron chi connectivity index (χ3n) is 3.55. The maximum absolute atomic E-state index is 2.51. The van der Waals surface area contributed by atoms with Crippen molar-refractivity contribution in [1.29, 1.82) is 0 Å². The molecule has 0 heterocycles. The van der Waals surface area contributed by atoms with Crippen molar-refractivity contribution in [2.45, 2.75) is 38.5 Å². The lowest BCUT2D eigenvalue weighted by Gasteiger charge is -2.34. The van der Waals surface area contributed by atoms with Gasteiger partial charge in [-0.25, -0.2) is 0 Å². The molecule has 0 saturated heterocycles. The number of fused-ring (bicyclic) bond motifs is 2. The molecule has 0 aromatic rings. The van der Waals surface area contributed by atoms with Gasteiger partial charge in [-0.05, 0) is 55.6 Å². The summed E-state index contributed by atoms with van der Waals surface area (Å²) in [6.45, 7) is 0. The van der Waals surface area contributed by atoms with Gasteiger partial charge in [-0.3, -0.25) is 0 Å². The molecule has 3 aliphatic carbocycles. The van der Waals surface area contributed by atoms with E-state index in [9.17, 15) is 0 Å². The van der Waals surface area contributed by atoms with Crippen LogP contribution in [0.5, 0.6) is 0 Å². The molecule has 0 amide bonds. The van der Waals surface area contributed by atoms with Crippen LogP contribution in [0, 0.1) is 5.92 Å². The molecule has 0 radical (unpaired) electrons. The van der Waals surface area contributed by atoms with E-state index in [-0.39, 0.29) is 0 Å². The molecule has 0 bridgehead atoms. The van der Waals surface area contributed by atoms with Gasteiger partial charge in [0, 0.05) is 0 Å². The first-order chi connectivity index (χ1) is 5.45. The van der Waals surface area contributed by atoms with E-state index < -0.39 is 0 Å². The number of hydrogen-bond acceptors (Lipinski definition) is 0. The number of hydrogen-bond donors (Lipinski definition) is 0. The van der Waals surface area contributed by atoms with Crippen molar-refractivity contribution in [3.05, 3.63) is 22.8 Å². The molecular weight excluding hydrogens is 132 g/mol. The van der Waals surface area contributed by atoms with Gasteiger partial charge in [0.2, 0.25) is 0 Å². The van der Waals surface area contributed by atoms with Crippen LogP contribution in [0.3, 0.4) is 0 Å². The third-order valence-corrected chi connectivity index (χ3v) is 3.55. The van der Waals surface area contributed by atoms with E-state index >= 15 is 0 Å². The summed E-state index contributed by atoms with van der Waals surface area (Å²) < 4.78 is 0. The Hall–Kier alpha value is -0.520. The molecule has 1 unspecified atom stereocenters. The average Bonchev–Trinajstić information content (AvgIpc) is 2.34. The minimum atomic E-state index is 0.992. The fraction of sp³-hybridized carbons (Fsp3) is 0.636. The predicted molar refractivity (Wildman–Crippen MR) is 46.3 cm³/mol. The highest BCUT2D eigenvalue weighted by atomic mass is 14.4. The summed E-state index contributed by atoms with van der Waals surface area (Å²) in [4.78, 5) is 0. The first kappa shape index (κ1) is 6.05. The molecule has 0 aromatic carbocycles. The van der Waals surface area contributed by atoms with Gasteiger partial charge in [-0.15, -0.1) is 0 Å². The summed E-state index contributed by atoms with van der Waals surface area (Å²) in [6, 6.07) is 0. The Balaban J connectivity index is 2.07. The van der Waals surface area contributed by atoms with Crippen LogP contribution in [0.15, 0.2) is 22.8 Å². The van der Waals surface area contributed by atoms with Gasteiger partial charge >= 0.3 is 0 Å². The standard InChI is InChI=1S/C11H14/c1-2-8-4-5-9-6-7-11(9)10(8)3-1/h4,9H,1-3,5-7H2. The second kappa shape index (κ2) is 2.00. The number of allylic oxidation sites excluding steroid dienone is 4. The molecule has 0 aliphatic heterocycles. The highest BCUT2D eigenvalue weighted by Crippen LogP contribution is 2.48. The fourth-order valence-corrected chi connectivity index (χ4v) is 2.79.